The van der Waals surface area contributed by atoms with Crippen LogP contribution in [0.25, 0.3) is 0 Å². The summed E-state index contributed by atoms with van der Waals surface area (Å²) in [5.41, 5.74) is 0.369. The molecule has 15 heavy (non-hydrogen) atoms. The van der Waals surface area contributed by atoms with Crippen LogP contribution in [-0.2, 0) is 14.3 Å². The van der Waals surface area contributed by atoms with Crippen molar-refractivity contribution in [2.45, 2.75) is 44.3 Å². The average molecular weight is 210 g/mol. The lowest BCUT2D eigenvalue weighted by Crippen LogP contribution is -2.49. The van der Waals surface area contributed by atoms with Crippen LogP contribution in [0.15, 0.2) is 0 Å². The summed E-state index contributed by atoms with van der Waals surface area (Å²) in [5, 5.41) is 0. The molecule has 0 unspecified atom stereocenters. The third-order valence-corrected chi connectivity index (χ3v) is 4.31. The SMILES string of the molecule is O=CC1CC2(CCCC3(C2)OCCO3)C1. The van der Waals surface area contributed by atoms with Crippen LogP contribution < -0.4 is 0 Å². The Morgan fingerprint density at radius 2 is 1.87 bits per heavy atom. The number of hydrogen-bond donors (Lipinski definition) is 0. The van der Waals surface area contributed by atoms with E-state index >= 15 is 0 Å². The maximum atomic E-state index is 10.7. The van der Waals surface area contributed by atoms with Gasteiger partial charge < -0.3 is 14.3 Å². The molecule has 0 atom stereocenters. The lowest BCUT2D eigenvalue weighted by Gasteiger charge is -2.52. The molecule has 2 aliphatic carbocycles. The summed E-state index contributed by atoms with van der Waals surface area (Å²) in [6.45, 7) is 1.49. The van der Waals surface area contributed by atoms with Gasteiger partial charge in [-0.15, -0.1) is 0 Å². The van der Waals surface area contributed by atoms with E-state index in [9.17, 15) is 4.79 Å². The summed E-state index contributed by atoms with van der Waals surface area (Å²) in [5.74, 6) is 0.0353. The molecule has 2 saturated carbocycles. The molecule has 0 aromatic heterocycles. The van der Waals surface area contributed by atoms with Crippen molar-refractivity contribution < 1.29 is 14.3 Å². The second-order valence-corrected chi connectivity index (χ2v) is 5.44. The summed E-state index contributed by atoms with van der Waals surface area (Å²) < 4.78 is 11.5. The minimum Gasteiger partial charge on any atom is -0.348 e. The Morgan fingerprint density at radius 1 is 1.13 bits per heavy atom. The van der Waals surface area contributed by atoms with Gasteiger partial charge in [0.1, 0.15) is 6.29 Å². The summed E-state index contributed by atoms with van der Waals surface area (Å²) in [4.78, 5) is 10.7. The van der Waals surface area contributed by atoms with Gasteiger partial charge in [-0.2, -0.15) is 0 Å². The number of ether oxygens (including phenoxy) is 2. The van der Waals surface area contributed by atoms with Crippen LogP contribution in [0, 0.1) is 11.3 Å². The number of carbonyl (C=O) groups is 1. The van der Waals surface area contributed by atoms with E-state index in [-0.39, 0.29) is 5.79 Å². The maximum absolute atomic E-state index is 10.7. The Bertz CT molecular complexity index is 262. The van der Waals surface area contributed by atoms with Crippen molar-refractivity contribution in [1.29, 1.82) is 0 Å². The molecule has 0 aromatic carbocycles. The van der Waals surface area contributed by atoms with Crippen molar-refractivity contribution in [3.8, 4) is 0 Å². The number of carbonyl (C=O) groups excluding carboxylic acids is 1. The first-order valence-corrected chi connectivity index (χ1v) is 5.99. The predicted molar refractivity (Wildman–Crippen MR) is 54.3 cm³/mol. The van der Waals surface area contributed by atoms with Gasteiger partial charge in [0, 0.05) is 18.8 Å². The van der Waals surface area contributed by atoms with Crippen LogP contribution in [0.5, 0.6) is 0 Å². The van der Waals surface area contributed by atoms with Gasteiger partial charge >= 0.3 is 0 Å². The zero-order valence-corrected chi connectivity index (χ0v) is 9.04. The van der Waals surface area contributed by atoms with E-state index in [1.807, 2.05) is 0 Å². The van der Waals surface area contributed by atoms with E-state index in [1.54, 1.807) is 0 Å². The van der Waals surface area contributed by atoms with Crippen LogP contribution >= 0.6 is 0 Å². The zero-order valence-electron chi connectivity index (χ0n) is 9.04. The Morgan fingerprint density at radius 3 is 2.53 bits per heavy atom. The smallest absolute Gasteiger partial charge is 0.169 e. The Balaban J connectivity index is 1.69. The topological polar surface area (TPSA) is 35.5 Å². The molecule has 0 aromatic rings. The quantitative estimate of drug-likeness (QED) is 0.620. The minimum atomic E-state index is -0.272. The van der Waals surface area contributed by atoms with Crippen LogP contribution in [0.3, 0.4) is 0 Å². The Hall–Kier alpha value is -0.410. The van der Waals surface area contributed by atoms with Crippen LogP contribution in [0.4, 0.5) is 0 Å². The highest BCUT2D eigenvalue weighted by molar-refractivity contribution is 5.55. The molecule has 1 heterocycles. The maximum Gasteiger partial charge on any atom is 0.169 e. The molecule has 3 aliphatic rings. The second-order valence-electron chi connectivity index (χ2n) is 5.44. The third kappa shape index (κ3) is 1.53. The van der Waals surface area contributed by atoms with Gasteiger partial charge in [0.2, 0.25) is 0 Å². The van der Waals surface area contributed by atoms with Gasteiger partial charge in [-0.05, 0) is 31.1 Å². The fourth-order valence-electron chi connectivity index (χ4n) is 3.72. The molecule has 2 spiro atoms. The highest BCUT2D eigenvalue weighted by atomic mass is 16.7. The third-order valence-electron chi connectivity index (χ3n) is 4.31. The summed E-state index contributed by atoms with van der Waals surface area (Å²) >= 11 is 0. The number of aldehydes is 1. The van der Waals surface area contributed by atoms with E-state index in [1.165, 1.54) is 12.8 Å². The van der Waals surface area contributed by atoms with Gasteiger partial charge in [0.25, 0.3) is 0 Å². The first-order chi connectivity index (χ1) is 7.26. The van der Waals surface area contributed by atoms with Gasteiger partial charge in [-0.25, -0.2) is 0 Å². The molecule has 0 radical (unpaired) electrons. The number of rotatable bonds is 1. The highest BCUT2D eigenvalue weighted by Crippen LogP contribution is 2.57. The van der Waals surface area contributed by atoms with Crippen LogP contribution in [0.2, 0.25) is 0 Å². The van der Waals surface area contributed by atoms with E-state index in [0.29, 0.717) is 11.3 Å². The molecule has 3 heteroatoms. The largest absolute Gasteiger partial charge is 0.348 e. The fraction of sp³-hybridized carbons (Fsp3) is 0.917. The van der Waals surface area contributed by atoms with Gasteiger partial charge in [0.05, 0.1) is 13.2 Å². The van der Waals surface area contributed by atoms with Gasteiger partial charge in [-0.3, -0.25) is 0 Å². The molecule has 84 valence electrons. The van der Waals surface area contributed by atoms with Crippen LogP contribution in [0.1, 0.15) is 38.5 Å². The fourth-order valence-corrected chi connectivity index (χ4v) is 3.72. The van der Waals surface area contributed by atoms with Crippen molar-refractivity contribution in [2.24, 2.45) is 11.3 Å². The van der Waals surface area contributed by atoms with E-state index < -0.39 is 0 Å². The Labute approximate surface area is 90.1 Å². The molecular formula is C12H18O3. The lowest BCUT2D eigenvalue weighted by molar-refractivity contribution is -0.217. The van der Waals surface area contributed by atoms with E-state index in [4.69, 9.17) is 9.47 Å². The van der Waals surface area contributed by atoms with Crippen molar-refractivity contribution in [1.82, 2.24) is 0 Å². The molecule has 1 saturated heterocycles. The summed E-state index contributed by atoms with van der Waals surface area (Å²) in [6, 6.07) is 0. The zero-order chi connectivity index (χ0) is 10.4. The molecular weight excluding hydrogens is 192 g/mol. The monoisotopic (exact) mass is 210 g/mol. The normalized spacial score (nSPS) is 43.1. The second kappa shape index (κ2) is 3.29. The first kappa shape index (κ1) is 9.79. The first-order valence-electron chi connectivity index (χ1n) is 5.99. The minimum absolute atomic E-state index is 0.272. The van der Waals surface area contributed by atoms with Crippen molar-refractivity contribution in [2.75, 3.05) is 13.2 Å². The van der Waals surface area contributed by atoms with E-state index in [2.05, 4.69) is 0 Å². The molecule has 3 nitrogen and oxygen atoms in total. The molecule has 1 aliphatic heterocycles. The van der Waals surface area contributed by atoms with Crippen molar-refractivity contribution in [3.05, 3.63) is 0 Å². The van der Waals surface area contributed by atoms with Crippen molar-refractivity contribution in [3.63, 3.8) is 0 Å². The van der Waals surface area contributed by atoms with Gasteiger partial charge in [-0.1, -0.05) is 0 Å². The van der Waals surface area contributed by atoms with Crippen LogP contribution in [-0.4, -0.2) is 25.3 Å². The van der Waals surface area contributed by atoms with Crippen molar-refractivity contribution >= 4 is 6.29 Å². The summed E-state index contributed by atoms with van der Waals surface area (Å²) in [7, 11) is 0. The molecule has 3 rings (SSSR count). The lowest BCUT2D eigenvalue weighted by atomic mass is 9.55. The summed E-state index contributed by atoms with van der Waals surface area (Å²) in [6.07, 6.45) is 7.74. The van der Waals surface area contributed by atoms with E-state index in [0.717, 1.165) is 45.2 Å². The molecule has 0 amide bonds. The standard InChI is InChI=1S/C12H18O3/c13-8-10-6-11(7-10)2-1-3-12(9-11)14-4-5-15-12/h8,10H,1-7,9H2. The highest BCUT2D eigenvalue weighted by Gasteiger charge is 2.53. The van der Waals surface area contributed by atoms with Gasteiger partial charge in [0.15, 0.2) is 5.79 Å². The molecule has 3 fully saturated rings. The average Bonchev–Trinajstić information content (AvgIpc) is 2.62. The predicted octanol–water partition coefficient (Wildman–Crippen LogP) is 1.90. The number of hydrogen-bond acceptors (Lipinski definition) is 3. The molecule has 0 N–H and O–H groups in total. The molecule has 0 bridgehead atoms. The Kier molecular flexibility index (Phi) is 2.15.